The van der Waals surface area contributed by atoms with E-state index in [0.29, 0.717) is 12.1 Å². The SMILES string of the molecule is CC1CC(C)CC(n2ncnc2CNC(C)C)C1. The summed E-state index contributed by atoms with van der Waals surface area (Å²) < 4.78 is 2.15. The normalized spacial score (nSPS) is 28.8. The van der Waals surface area contributed by atoms with Gasteiger partial charge in [0, 0.05) is 6.04 Å². The third-order valence-electron chi connectivity index (χ3n) is 3.82. The van der Waals surface area contributed by atoms with Gasteiger partial charge in [-0.15, -0.1) is 0 Å². The molecular weight excluding hydrogens is 224 g/mol. The van der Waals surface area contributed by atoms with Crippen molar-refractivity contribution in [2.45, 2.75) is 65.6 Å². The fourth-order valence-corrected chi connectivity index (χ4v) is 3.11. The lowest BCUT2D eigenvalue weighted by molar-refractivity contribution is 0.205. The maximum atomic E-state index is 4.45. The molecule has 2 unspecified atom stereocenters. The van der Waals surface area contributed by atoms with E-state index in [1.165, 1.54) is 19.3 Å². The van der Waals surface area contributed by atoms with Crippen LogP contribution in [0.3, 0.4) is 0 Å². The molecule has 1 saturated carbocycles. The lowest BCUT2D eigenvalue weighted by Crippen LogP contribution is -2.28. The molecule has 1 fully saturated rings. The van der Waals surface area contributed by atoms with Crippen LogP contribution in [0.2, 0.25) is 0 Å². The predicted octanol–water partition coefficient (Wildman–Crippen LogP) is 2.77. The van der Waals surface area contributed by atoms with Crippen LogP contribution in [-0.2, 0) is 6.54 Å². The minimum atomic E-state index is 0.486. The molecule has 1 aliphatic carbocycles. The van der Waals surface area contributed by atoms with Crippen molar-refractivity contribution in [1.29, 1.82) is 0 Å². The van der Waals surface area contributed by atoms with Gasteiger partial charge in [-0.2, -0.15) is 5.10 Å². The zero-order chi connectivity index (χ0) is 13.1. The van der Waals surface area contributed by atoms with Crippen molar-refractivity contribution in [2.75, 3.05) is 0 Å². The van der Waals surface area contributed by atoms with Crippen molar-refractivity contribution in [3.05, 3.63) is 12.2 Å². The molecule has 0 aliphatic heterocycles. The lowest BCUT2D eigenvalue weighted by atomic mass is 9.80. The second kappa shape index (κ2) is 5.83. The van der Waals surface area contributed by atoms with E-state index < -0.39 is 0 Å². The van der Waals surface area contributed by atoms with E-state index in [4.69, 9.17) is 0 Å². The van der Waals surface area contributed by atoms with Gasteiger partial charge >= 0.3 is 0 Å². The molecule has 1 heterocycles. The van der Waals surface area contributed by atoms with Crippen LogP contribution in [0.4, 0.5) is 0 Å². The van der Waals surface area contributed by atoms with Crippen molar-refractivity contribution < 1.29 is 0 Å². The summed E-state index contributed by atoms with van der Waals surface area (Å²) in [5.74, 6) is 2.68. The monoisotopic (exact) mass is 250 g/mol. The van der Waals surface area contributed by atoms with Gasteiger partial charge in [0.1, 0.15) is 12.2 Å². The van der Waals surface area contributed by atoms with Crippen LogP contribution < -0.4 is 5.32 Å². The van der Waals surface area contributed by atoms with Crippen LogP contribution in [0.1, 0.15) is 58.8 Å². The lowest BCUT2D eigenvalue weighted by Gasteiger charge is -2.32. The average Bonchev–Trinajstić information content (AvgIpc) is 2.72. The molecule has 18 heavy (non-hydrogen) atoms. The molecular formula is C14H26N4. The smallest absolute Gasteiger partial charge is 0.141 e. The zero-order valence-corrected chi connectivity index (χ0v) is 12.1. The van der Waals surface area contributed by atoms with E-state index in [1.807, 2.05) is 0 Å². The molecule has 0 spiro atoms. The molecule has 1 aliphatic rings. The molecule has 2 atom stereocenters. The van der Waals surface area contributed by atoms with E-state index in [0.717, 1.165) is 24.2 Å². The molecule has 2 rings (SSSR count). The van der Waals surface area contributed by atoms with E-state index in [2.05, 4.69) is 47.8 Å². The molecule has 1 aromatic heterocycles. The maximum Gasteiger partial charge on any atom is 0.141 e. The Morgan fingerprint density at radius 3 is 2.56 bits per heavy atom. The van der Waals surface area contributed by atoms with Gasteiger partial charge in [0.2, 0.25) is 0 Å². The van der Waals surface area contributed by atoms with E-state index in [1.54, 1.807) is 6.33 Å². The number of hydrogen-bond acceptors (Lipinski definition) is 3. The first-order valence-corrected chi connectivity index (χ1v) is 7.18. The molecule has 0 bridgehead atoms. The summed E-state index contributed by atoms with van der Waals surface area (Å²) in [6.45, 7) is 9.84. The van der Waals surface area contributed by atoms with Crippen molar-refractivity contribution in [3.8, 4) is 0 Å². The molecule has 0 radical (unpaired) electrons. The predicted molar refractivity (Wildman–Crippen MR) is 73.2 cm³/mol. The van der Waals surface area contributed by atoms with Gasteiger partial charge in [-0.3, -0.25) is 0 Å². The first kappa shape index (κ1) is 13.5. The van der Waals surface area contributed by atoms with Crippen molar-refractivity contribution >= 4 is 0 Å². The second-order valence-corrected chi connectivity index (χ2v) is 6.23. The molecule has 4 heteroatoms. The van der Waals surface area contributed by atoms with Gasteiger partial charge in [-0.1, -0.05) is 27.7 Å². The van der Waals surface area contributed by atoms with Crippen molar-refractivity contribution in [3.63, 3.8) is 0 Å². The maximum absolute atomic E-state index is 4.45. The second-order valence-electron chi connectivity index (χ2n) is 6.23. The number of aromatic nitrogens is 3. The van der Waals surface area contributed by atoms with Gasteiger partial charge < -0.3 is 5.32 Å². The van der Waals surface area contributed by atoms with Gasteiger partial charge in [0.15, 0.2) is 0 Å². The van der Waals surface area contributed by atoms with Gasteiger partial charge in [-0.25, -0.2) is 9.67 Å². The summed E-state index contributed by atoms with van der Waals surface area (Å²) in [6.07, 6.45) is 5.52. The summed E-state index contributed by atoms with van der Waals surface area (Å²) in [7, 11) is 0. The molecule has 0 saturated heterocycles. The average molecular weight is 250 g/mol. The summed E-state index contributed by atoms with van der Waals surface area (Å²) in [4.78, 5) is 4.40. The fourth-order valence-electron chi connectivity index (χ4n) is 3.11. The Kier molecular flexibility index (Phi) is 4.38. The Labute approximate surface area is 110 Å². The standard InChI is InChI=1S/C14H26N4/c1-10(2)15-8-14-16-9-17-18(14)13-6-11(3)5-12(4)7-13/h9-13,15H,5-8H2,1-4H3. The van der Waals surface area contributed by atoms with Crippen LogP contribution in [-0.4, -0.2) is 20.8 Å². The van der Waals surface area contributed by atoms with Crippen LogP contribution in [0, 0.1) is 11.8 Å². The Balaban J connectivity index is 2.05. The fraction of sp³-hybridized carbons (Fsp3) is 0.857. The highest BCUT2D eigenvalue weighted by Crippen LogP contribution is 2.35. The third-order valence-corrected chi connectivity index (χ3v) is 3.82. The van der Waals surface area contributed by atoms with Crippen molar-refractivity contribution in [1.82, 2.24) is 20.1 Å². The molecule has 1 aromatic rings. The third kappa shape index (κ3) is 3.31. The highest BCUT2D eigenvalue weighted by molar-refractivity contribution is 4.90. The highest BCUT2D eigenvalue weighted by Gasteiger charge is 2.27. The first-order chi connectivity index (χ1) is 8.56. The Hall–Kier alpha value is -0.900. The topological polar surface area (TPSA) is 42.7 Å². The Morgan fingerprint density at radius 2 is 1.94 bits per heavy atom. The van der Waals surface area contributed by atoms with Gasteiger partial charge in [0.25, 0.3) is 0 Å². The van der Waals surface area contributed by atoms with E-state index in [9.17, 15) is 0 Å². The number of nitrogens with one attached hydrogen (secondary N) is 1. The number of rotatable bonds is 4. The van der Waals surface area contributed by atoms with E-state index in [-0.39, 0.29) is 0 Å². The zero-order valence-electron chi connectivity index (χ0n) is 12.1. The summed E-state index contributed by atoms with van der Waals surface area (Å²) in [6, 6.07) is 1.02. The minimum absolute atomic E-state index is 0.486. The van der Waals surface area contributed by atoms with E-state index >= 15 is 0 Å². The number of nitrogens with zero attached hydrogens (tertiary/aromatic N) is 3. The first-order valence-electron chi connectivity index (χ1n) is 7.18. The quantitative estimate of drug-likeness (QED) is 0.893. The molecule has 0 amide bonds. The minimum Gasteiger partial charge on any atom is -0.308 e. The summed E-state index contributed by atoms with van der Waals surface area (Å²) in [5.41, 5.74) is 0. The van der Waals surface area contributed by atoms with Crippen LogP contribution in [0.15, 0.2) is 6.33 Å². The summed E-state index contributed by atoms with van der Waals surface area (Å²) in [5, 5.41) is 7.88. The summed E-state index contributed by atoms with van der Waals surface area (Å²) >= 11 is 0. The molecule has 102 valence electrons. The largest absolute Gasteiger partial charge is 0.308 e. The Bertz CT molecular complexity index is 362. The Morgan fingerprint density at radius 1 is 1.28 bits per heavy atom. The molecule has 0 aromatic carbocycles. The highest BCUT2D eigenvalue weighted by atomic mass is 15.4. The van der Waals surface area contributed by atoms with Crippen LogP contribution in [0.5, 0.6) is 0 Å². The van der Waals surface area contributed by atoms with Gasteiger partial charge in [0.05, 0.1) is 12.6 Å². The number of hydrogen-bond donors (Lipinski definition) is 1. The van der Waals surface area contributed by atoms with Crippen LogP contribution >= 0.6 is 0 Å². The molecule has 4 nitrogen and oxygen atoms in total. The van der Waals surface area contributed by atoms with Gasteiger partial charge in [-0.05, 0) is 31.1 Å². The van der Waals surface area contributed by atoms with Crippen molar-refractivity contribution in [2.24, 2.45) is 11.8 Å². The van der Waals surface area contributed by atoms with Crippen LogP contribution in [0.25, 0.3) is 0 Å². The molecule has 1 N–H and O–H groups in total.